The second-order valence-electron chi connectivity index (χ2n) is 4.02. The van der Waals surface area contributed by atoms with Gasteiger partial charge in [0.05, 0.1) is 6.20 Å². The van der Waals surface area contributed by atoms with Gasteiger partial charge >= 0.3 is 0 Å². The van der Waals surface area contributed by atoms with E-state index in [4.69, 9.17) is 0 Å². The molecule has 1 amide bonds. The Morgan fingerprint density at radius 2 is 2.17 bits per heavy atom. The van der Waals surface area contributed by atoms with E-state index in [0.29, 0.717) is 25.6 Å². The maximum atomic E-state index is 11.5. The monoisotopic (exact) mass is 296 g/mol. The molecule has 1 aromatic heterocycles. The highest BCUT2D eigenvalue weighted by Crippen LogP contribution is 1.95. The van der Waals surface area contributed by atoms with Crippen molar-refractivity contribution < 1.29 is 4.79 Å². The molecular formula is C11H22Cl2N4O. The highest BCUT2D eigenvalue weighted by atomic mass is 35.5. The Morgan fingerprint density at radius 1 is 1.50 bits per heavy atom. The maximum Gasteiger partial charge on any atom is 0.221 e. The molecular weight excluding hydrogens is 275 g/mol. The smallest absolute Gasteiger partial charge is 0.221 e. The molecule has 5 nitrogen and oxygen atoms in total. The zero-order valence-corrected chi connectivity index (χ0v) is 12.6. The minimum Gasteiger partial charge on any atom is -0.354 e. The highest BCUT2D eigenvalue weighted by molar-refractivity contribution is 5.85. The van der Waals surface area contributed by atoms with Gasteiger partial charge in [-0.2, -0.15) is 5.10 Å². The summed E-state index contributed by atoms with van der Waals surface area (Å²) in [5.74, 6) is 0.0650. The van der Waals surface area contributed by atoms with Crippen molar-refractivity contribution >= 4 is 30.7 Å². The zero-order valence-electron chi connectivity index (χ0n) is 11.0. The normalized spacial score (nSPS) is 11.1. The molecule has 1 heterocycles. The largest absolute Gasteiger partial charge is 0.354 e. The Bertz CT molecular complexity index is 344. The minimum absolute atomic E-state index is 0. The van der Waals surface area contributed by atoms with Crippen LogP contribution in [0.2, 0.25) is 0 Å². The van der Waals surface area contributed by atoms with Crippen LogP contribution in [0.25, 0.3) is 0 Å². The summed E-state index contributed by atoms with van der Waals surface area (Å²) >= 11 is 0. The summed E-state index contributed by atoms with van der Waals surface area (Å²) in [5.41, 5.74) is 1.12. The molecule has 1 aromatic rings. The minimum atomic E-state index is 0. The van der Waals surface area contributed by atoms with Gasteiger partial charge in [0.1, 0.15) is 0 Å². The summed E-state index contributed by atoms with van der Waals surface area (Å²) in [5, 5.41) is 10.1. The Hall–Kier alpha value is -0.780. The van der Waals surface area contributed by atoms with Crippen molar-refractivity contribution in [2.75, 3.05) is 13.6 Å². The van der Waals surface area contributed by atoms with E-state index in [2.05, 4.69) is 15.7 Å². The first-order chi connectivity index (χ1) is 7.61. The number of nitrogens with one attached hydrogen (secondary N) is 2. The van der Waals surface area contributed by atoms with Gasteiger partial charge < -0.3 is 10.6 Å². The average molecular weight is 297 g/mol. The van der Waals surface area contributed by atoms with Gasteiger partial charge in [0.2, 0.25) is 5.91 Å². The third-order valence-electron chi connectivity index (χ3n) is 2.43. The summed E-state index contributed by atoms with van der Waals surface area (Å²) in [7, 11) is 1.88. The number of carbonyl (C=O) groups is 1. The van der Waals surface area contributed by atoms with Crippen LogP contribution in [0.15, 0.2) is 12.4 Å². The molecule has 106 valence electrons. The number of hydrogen-bond donors (Lipinski definition) is 2. The number of nitrogens with zero attached hydrogens (tertiary/aromatic N) is 2. The topological polar surface area (TPSA) is 58.9 Å². The molecule has 0 aliphatic carbocycles. The second kappa shape index (κ2) is 10.2. The Balaban J connectivity index is 0. The van der Waals surface area contributed by atoms with Gasteiger partial charge in [0.15, 0.2) is 0 Å². The Morgan fingerprint density at radius 3 is 2.67 bits per heavy atom. The van der Waals surface area contributed by atoms with Crippen LogP contribution in [0, 0.1) is 6.92 Å². The van der Waals surface area contributed by atoms with E-state index >= 15 is 0 Å². The van der Waals surface area contributed by atoms with Crippen molar-refractivity contribution in [3.63, 3.8) is 0 Å². The lowest BCUT2D eigenvalue weighted by atomic mass is 10.3. The lowest BCUT2D eigenvalue weighted by Gasteiger charge is -2.11. The van der Waals surface area contributed by atoms with Gasteiger partial charge in [-0.15, -0.1) is 24.8 Å². The van der Waals surface area contributed by atoms with Crippen LogP contribution in [-0.4, -0.2) is 35.3 Å². The molecule has 18 heavy (non-hydrogen) atoms. The number of carbonyl (C=O) groups excluding carboxylic acids is 1. The van der Waals surface area contributed by atoms with Crippen LogP contribution < -0.4 is 10.6 Å². The summed E-state index contributed by atoms with van der Waals surface area (Å²) in [6.45, 7) is 5.30. The first-order valence-corrected chi connectivity index (χ1v) is 5.55. The van der Waals surface area contributed by atoms with Gasteiger partial charge in [-0.25, -0.2) is 0 Å². The number of likely N-dealkylation sites (N-methyl/N-ethyl adjacent to an activating group) is 1. The maximum absolute atomic E-state index is 11.5. The van der Waals surface area contributed by atoms with Crippen molar-refractivity contribution in [3.8, 4) is 0 Å². The van der Waals surface area contributed by atoms with E-state index in [-0.39, 0.29) is 30.7 Å². The molecule has 0 radical (unpaired) electrons. The number of amides is 1. The van der Waals surface area contributed by atoms with Gasteiger partial charge in [0, 0.05) is 31.7 Å². The zero-order chi connectivity index (χ0) is 12.0. The fraction of sp³-hybridized carbons (Fsp3) is 0.636. The van der Waals surface area contributed by atoms with Crippen molar-refractivity contribution in [2.24, 2.45) is 0 Å². The van der Waals surface area contributed by atoms with E-state index in [9.17, 15) is 4.79 Å². The molecule has 0 aliphatic rings. The third-order valence-corrected chi connectivity index (χ3v) is 2.43. The van der Waals surface area contributed by atoms with Gasteiger partial charge in [-0.3, -0.25) is 9.48 Å². The standard InChI is InChI=1S/C11H20N4O.2ClH/c1-9-6-14-15(8-9)5-4-11(16)13-7-10(2)12-3;;/h6,8,10,12H,4-5,7H2,1-3H3,(H,13,16);2*1H. The fourth-order valence-electron chi connectivity index (χ4n) is 1.26. The Kier molecular flexibility index (Phi) is 11.1. The van der Waals surface area contributed by atoms with Gasteiger partial charge in [-0.05, 0) is 26.5 Å². The van der Waals surface area contributed by atoms with Crippen molar-refractivity contribution in [1.82, 2.24) is 20.4 Å². The molecule has 1 rings (SSSR count). The van der Waals surface area contributed by atoms with Crippen molar-refractivity contribution in [3.05, 3.63) is 18.0 Å². The second-order valence-corrected chi connectivity index (χ2v) is 4.02. The van der Waals surface area contributed by atoms with Crippen LogP contribution in [-0.2, 0) is 11.3 Å². The first-order valence-electron chi connectivity index (χ1n) is 5.55. The molecule has 1 atom stereocenters. The molecule has 0 bridgehead atoms. The predicted octanol–water partition coefficient (Wildman–Crippen LogP) is 1.15. The lowest BCUT2D eigenvalue weighted by Crippen LogP contribution is -2.37. The molecule has 7 heteroatoms. The van der Waals surface area contributed by atoms with E-state index in [1.807, 2.05) is 27.1 Å². The number of aromatic nitrogens is 2. The van der Waals surface area contributed by atoms with Crippen LogP contribution in [0.1, 0.15) is 18.9 Å². The quantitative estimate of drug-likeness (QED) is 0.828. The Labute approximate surface area is 121 Å². The van der Waals surface area contributed by atoms with Gasteiger partial charge in [-0.1, -0.05) is 0 Å². The van der Waals surface area contributed by atoms with Crippen LogP contribution in [0.5, 0.6) is 0 Å². The summed E-state index contributed by atoms with van der Waals surface area (Å²) in [6, 6.07) is 0.302. The summed E-state index contributed by atoms with van der Waals surface area (Å²) in [4.78, 5) is 11.5. The molecule has 2 N–H and O–H groups in total. The van der Waals surface area contributed by atoms with Crippen LogP contribution in [0.3, 0.4) is 0 Å². The van der Waals surface area contributed by atoms with Crippen molar-refractivity contribution in [1.29, 1.82) is 0 Å². The molecule has 0 saturated carbocycles. The molecule has 0 aliphatic heterocycles. The number of rotatable bonds is 6. The number of hydrogen-bond acceptors (Lipinski definition) is 3. The molecule has 1 unspecified atom stereocenters. The van der Waals surface area contributed by atoms with E-state index in [1.54, 1.807) is 10.9 Å². The average Bonchev–Trinajstić information content (AvgIpc) is 2.69. The fourth-order valence-corrected chi connectivity index (χ4v) is 1.26. The predicted molar refractivity (Wildman–Crippen MR) is 77.6 cm³/mol. The third kappa shape index (κ3) is 7.53. The van der Waals surface area contributed by atoms with E-state index in [0.717, 1.165) is 5.56 Å². The first kappa shape index (κ1) is 19.6. The molecule has 0 aromatic carbocycles. The van der Waals surface area contributed by atoms with E-state index in [1.165, 1.54) is 0 Å². The van der Waals surface area contributed by atoms with Crippen LogP contribution in [0.4, 0.5) is 0 Å². The number of aryl methyl sites for hydroxylation is 2. The summed E-state index contributed by atoms with van der Waals surface area (Å²) in [6.07, 6.45) is 4.20. The molecule has 0 saturated heterocycles. The van der Waals surface area contributed by atoms with Gasteiger partial charge in [0.25, 0.3) is 0 Å². The van der Waals surface area contributed by atoms with Crippen LogP contribution >= 0.6 is 24.8 Å². The molecule has 0 spiro atoms. The highest BCUT2D eigenvalue weighted by Gasteiger charge is 2.04. The SMILES string of the molecule is CNC(C)CNC(=O)CCn1cc(C)cn1.Cl.Cl. The lowest BCUT2D eigenvalue weighted by molar-refractivity contribution is -0.121. The molecule has 0 fully saturated rings. The summed E-state index contributed by atoms with van der Waals surface area (Å²) < 4.78 is 1.79. The van der Waals surface area contributed by atoms with Crippen molar-refractivity contribution in [2.45, 2.75) is 32.9 Å². The number of halogens is 2. The van der Waals surface area contributed by atoms with E-state index < -0.39 is 0 Å².